The third kappa shape index (κ3) is 5.67. The van der Waals surface area contributed by atoms with Crippen LogP contribution in [0.25, 0.3) is 0 Å². The first-order valence-corrected chi connectivity index (χ1v) is 12.0. The highest BCUT2D eigenvalue weighted by Gasteiger charge is 2.25. The molecule has 11 heteroatoms. The van der Waals surface area contributed by atoms with Crippen LogP contribution in [0.5, 0.6) is 0 Å². The molecule has 0 radical (unpaired) electrons. The molecule has 10 nitrogen and oxygen atoms in total. The normalized spacial score (nSPS) is 19.6. The first-order chi connectivity index (χ1) is 16.3. The minimum atomic E-state index is -0.548. The number of nitrogens with zero attached hydrogens (tertiary/aromatic N) is 4. The van der Waals surface area contributed by atoms with Crippen molar-refractivity contribution < 1.29 is 9.72 Å². The van der Waals surface area contributed by atoms with Crippen molar-refractivity contribution in [2.24, 2.45) is 0 Å². The molecule has 0 unspecified atom stereocenters. The van der Waals surface area contributed by atoms with Gasteiger partial charge in [0.15, 0.2) is 0 Å². The summed E-state index contributed by atoms with van der Waals surface area (Å²) >= 11 is 5.93. The molecule has 2 aliphatic rings. The molecule has 1 fully saturated rings. The van der Waals surface area contributed by atoms with Gasteiger partial charge in [-0.1, -0.05) is 11.6 Å². The highest BCUT2D eigenvalue weighted by Crippen LogP contribution is 2.30. The maximum Gasteiger partial charge on any atom is 0.319 e. The number of amides is 2. The second-order valence-corrected chi connectivity index (χ2v) is 9.54. The van der Waals surface area contributed by atoms with Crippen molar-refractivity contribution in [2.75, 3.05) is 29.6 Å². The molecule has 0 aliphatic heterocycles. The Hall–Kier alpha value is -3.14. The average Bonchev–Trinajstić information content (AvgIpc) is 2.79. The van der Waals surface area contributed by atoms with Crippen molar-refractivity contribution in [2.45, 2.75) is 63.5 Å². The zero-order valence-corrected chi connectivity index (χ0v) is 20.2. The van der Waals surface area contributed by atoms with Gasteiger partial charge in [0.25, 0.3) is 5.69 Å². The molecule has 2 aliphatic carbocycles. The first-order valence-electron chi connectivity index (χ1n) is 11.6. The second kappa shape index (κ2) is 10.4. The van der Waals surface area contributed by atoms with Gasteiger partial charge in [-0.25, -0.2) is 9.78 Å². The molecule has 3 N–H and O–H groups in total. The lowest BCUT2D eigenvalue weighted by Gasteiger charge is -2.30. The number of hydrogen-bond donors (Lipinski definition) is 3. The summed E-state index contributed by atoms with van der Waals surface area (Å²) in [7, 11) is 4.03. The third-order valence-electron chi connectivity index (χ3n) is 6.38. The standard InChI is InChI=1S/C23H30ClN7O3/c1-30(2)21-17-5-3-4-6-18(17)27-22(29-21)25-15-8-10-16(11-9-15)26-23(32)28-19-13-14(24)7-12-20(19)31(33)34/h7,12-13,15-16H,3-6,8-11H2,1-2H3,(H,25,27,29)(H2,26,28,32). The molecule has 1 heterocycles. The molecule has 1 aromatic carbocycles. The third-order valence-corrected chi connectivity index (χ3v) is 6.62. The largest absolute Gasteiger partial charge is 0.362 e. The van der Waals surface area contributed by atoms with Gasteiger partial charge in [-0.05, 0) is 63.5 Å². The van der Waals surface area contributed by atoms with Crippen molar-refractivity contribution in [3.05, 3.63) is 44.6 Å². The van der Waals surface area contributed by atoms with E-state index >= 15 is 0 Å². The van der Waals surface area contributed by atoms with E-state index in [2.05, 4.69) is 20.9 Å². The lowest BCUT2D eigenvalue weighted by molar-refractivity contribution is -0.383. The number of aryl methyl sites for hydroxylation is 1. The van der Waals surface area contributed by atoms with Crippen molar-refractivity contribution in [3.63, 3.8) is 0 Å². The number of aromatic nitrogens is 2. The van der Waals surface area contributed by atoms with Crippen molar-refractivity contribution in [1.82, 2.24) is 15.3 Å². The van der Waals surface area contributed by atoms with Crippen LogP contribution in [0.2, 0.25) is 5.02 Å². The van der Waals surface area contributed by atoms with Crippen molar-refractivity contribution in [3.8, 4) is 0 Å². The number of nitro benzene ring substituents is 1. The minimum Gasteiger partial charge on any atom is -0.362 e. The summed E-state index contributed by atoms with van der Waals surface area (Å²) in [5, 5.41) is 20.5. The van der Waals surface area contributed by atoms with Gasteiger partial charge in [-0.2, -0.15) is 4.98 Å². The molecular formula is C23H30ClN7O3. The minimum absolute atomic E-state index is 0.0157. The molecule has 1 aromatic heterocycles. The van der Waals surface area contributed by atoms with Gasteiger partial charge in [0, 0.05) is 42.8 Å². The predicted molar refractivity (Wildman–Crippen MR) is 133 cm³/mol. The van der Waals surface area contributed by atoms with Crippen LogP contribution >= 0.6 is 11.6 Å². The number of fused-ring (bicyclic) bond motifs is 1. The van der Waals surface area contributed by atoms with Gasteiger partial charge < -0.3 is 20.9 Å². The number of nitro groups is 1. The Morgan fingerprint density at radius 3 is 2.53 bits per heavy atom. The lowest BCUT2D eigenvalue weighted by Crippen LogP contribution is -2.42. The molecule has 182 valence electrons. The number of rotatable bonds is 6. The summed E-state index contributed by atoms with van der Waals surface area (Å²) in [6, 6.07) is 3.81. The smallest absolute Gasteiger partial charge is 0.319 e. The summed E-state index contributed by atoms with van der Waals surface area (Å²) < 4.78 is 0. The fraction of sp³-hybridized carbons (Fsp3) is 0.522. The van der Waals surface area contributed by atoms with Crippen LogP contribution in [-0.4, -0.2) is 47.1 Å². The Kier molecular flexibility index (Phi) is 7.35. The van der Waals surface area contributed by atoms with Gasteiger partial charge in [0.1, 0.15) is 11.5 Å². The zero-order valence-electron chi connectivity index (χ0n) is 19.4. The van der Waals surface area contributed by atoms with Crippen LogP contribution in [0.1, 0.15) is 49.8 Å². The fourth-order valence-electron chi connectivity index (χ4n) is 4.68. The summed E-state index contributed by atoms with van der Waals surface area (Å²) in [6.07, 6.45) is 7.65. The molecule has 0 saturated heterocycles. The SMILES string of the molecule is CN(C)c1nc(NC2CCC(NC(=O)Nc3cc(Cl)ccc3[N+](=O)[O-])CC2)nc2c1CCCC2. The van der Waals surface area contributed by atoms with Crippen LogP contribution in [0.15, 0.2) is 18.2 Å². The number of hydrogen-bond acceptors (Lipinski definition) is 7. The number of anilines is 3. The number of urea groups is 1. The Morgan fingerprint density at radius 2 is 1.82 bits per heavy atom. The zero-order chi connectivity index (χ0) is 24.2. The number of halogens is 1. The highest BCUT2D eigenvalue weighted by atomic mass is 35.5. The van der Waals surface area contributed by atoms with Crippen LogP contribution in [0, 0.1) is 10.1 Å². The Balaban J connectivity index is 1.32. The number of benzene rings is 1. The molecule has 0 atom stereocenters. The summed E-state index contributed by atoms with van der Waals surface area (Å²) in [6.45, 7) is 0. The van der Waals surface area contributed by atoms with E-state index in [1.165, 1.54) is 30.2 Å². The molecular weight excluding hydrogens is 458 g/mol. The van der Waals surface area contributed by atoms with E-state index in [1.807, 2.05) is 14.1 Å². The molecule has 1 saturated carbocycles. The molecule has 34 heavy (non-hydrogen) atoms. The maximum atomic E-state index is 12.4. The van der Waals surface area contributed by atoms with Crippen LogP contribution in [0.3, 0.4) is 0 Å². The fourth-order valence-corrected chi connectivity index (χ4v) is 4.86. The summed E-state index contributed by atoms with van der Waals surface area (Å²) in [5.41, 5.74) is 2.29. The lowest BCUT2D eigenvalue weighted by atomic mass is 9.91. The maximum absolute atomic E-state index is 12.4. The van der Waals surface area contributed by atoms with E-state index in [-0.39, 0.29) is 23.5 Å². The van der Waals surface area contributed by atoms with Crippen molar-refractivity contribution in [1.29, 1.82) is 0 Å². The molecule has 2 amide bonds. The van der Waals surface area contributed by atoms with E-state index in [9.17, 15) is 14.9 Å². The van der Waals surface area contributed by atoms with Crippen molar-refractivity contribution >= 4 is 40.8 Å². The van der Waals surface area contributed by atoms with Gasteiger partial charge >= 0.3 is 6.03 Å². The number of nitrogens with one attached hydrogen (secondary N) is 3. The van der Waals surface area contributed by atoms with E-state index in [4.69, 9.17) is 21.6 Å². The van der Waals surface area contributed by atoms with Crippen LogP contribution in [0.4, 0.5) is 27.9 Å². The predicted octanol–water partition coefficient (Wildman–Crippen LogP) is 4.53. The molecule has 2 aromatic rings. The molecule has 0 bridgehead atoms. The number of carbonyl (C=O) groups is 1. The van der Waals surface area contributed by atoms with E-state index in [0.717, 1.165) is 56.5 Å². The van der Waals surface area contributed by atoms with E-state index < -0.39 is 11.0 Å². The van der Waals surface area contributed by atoms with E-state index in [0.29, 0.717) is 11.0 Å². The van der Waals surface area contributed by atoms with Crippen LogP contribution in [-0.2, 0) is 12.8 Å². The Labute approximate surface area is 203 Å². The monoisotopic (exact) mass is 487 g/mol. The highest BCUT2D eigenvalue weighted by molar-refractivity contribution is 6.31. The molecule has 4 rings (SSSR count). The van der Waals surface area contributed by atoms with Gasteiger partial charge in [0.05, 0.1) is 10.6 Å². The second-order valence-electron chi connectivity index (χ2n) is 9.11. The Bertz CT molecular complexity index is 1070. The summed E-state index contributed by atoms with van der Waals surface area (Å²) in [4.78, 5) is 34.7. The van der Waals surface area contributed by atoms with E-state index in [1.54, 1.807) is 0 Å². The first kappa shape index (κ1) is 24.0. The van der Waals surface area contributed by atoms with Crippen LogP contribution < -0.4 is 20.9 Å². The van der Waals surface area contributed by atoms with Gasteiger partial charge in [0.2, 0.25) is 5.95 Å². The average molecular weight is 488 g/mol. The quantitative estimate of drug-likeness (QED) is 0.403. The Morgan fingerprint density at radius 1 is 1.12 bits per heavy atom. The van der Waals surface area contributed by atoms with Gasteiger partial charge in [-0.15, -0.1) is 0 Å². The topological polar surface area (TPSA) is 125 Å². The molecule has 0 spiro atoms. The number of carbonyl (C=O) groups excluding carboxylic acids is 1. The summed E-state index contributed by atoms with van der Waals surface area (Å²) in [5.74, 6) is 1.67. The van der Waals surface area contributed by atoms with Gasteiger partial charge in [-0.3, -0.25) is 10.1 Å².